The first-order valence-electron chi connectivity index (χ1n) is 8.05. The highest BCUT2D eigenvalue weighted by Crippen LogP contribution is 2.25. The first-order chi connectivity index (χ1) is 11.9. The summed E-state index contributed by atoms with van der Waals surface area (Å²) in [5.41, 5.74) is 1.16. The summed E-state index contributed by atoms with van der Waals surface area (Å²) in [4.78, 5) is 0. The molecular formula is C18H20NO5S+. The molecule has 0 radical (unpaired) electrons. The Kier molecular flexibility index (Phi) is 4.78. The maximum Gasteiger partial charge on any atom is 0.378 e. The SMILES string of the molecule is CCO/C(=C/c1oc2ccc3ccccc3c2[n+]1CS(=O)(=O)O)CC. The Morgan fingerprint density at radius 3 is 2.68 bits per heavy atom. The van der Waals surface area contributed by atoms with E-state index in [1.165, 1.54) is 4.57 Å². The smallest absolute Gasteiger partial charge is 0.378 e. The molecular weight excluding hydrogens is 342 g/mol. The first kappa shape index (κ1) is 17.4. The summed E-state index contributed by atoms with van der Waals surface area (Å²) in [6.45, 7) is 4.32. The number of fused-ring (bicyclic) bond motifs is 3. The fourth-order valence-electron chi connectivity index (χ4n) is 2.84. The molecule has 1 heterocycles. The lowest BCUT2D eigenvalue weighted by atomic mass is 10.1. The largest absolute Gasteiger partial charge is 0.498 e. The van der Waals surface area contributed by atoms with Gasteiger partial charge in [0.2, 0.25) is 5.58 Å². The molecule has 0 saturated carbocycles. The standard InChI is InChI=1S/C18H19NO5S/c1-3-14(23-4-2)11-17-19(12-25(20,21)22)18-15-8-6-5-7-13(15)9-10-16(18)24-17/h5-11H,3-4,12H2,1-2H3/p+1/b14-11+. The molecule has 3 aromatic rings. The molecule has 0 saturated heterocycles. The average Bonchev–Trinajstić information content (AvgIpc) is 2.90. The maximum absolute atomic E-state index is 11.6. The van der Waals surface area contributed by atoms with Crippen molar-refractivity contribution in [3.05, 3.63) is 48.0 Å². The van der Waals surface area contributed by atoms with Crippen molar-refractivity contribution in [2.24, 2.45) is 0 Å². The lowest BCUT2D eigenvalue weighted by Gasteiger charge is -2.03. The van der Waals surface area contributed by atoms with Crippen LogP contribution in [-0.2, 0) is 20.7 Å². The zero-order valence-corrected chi connectivity index (χ0v) is 14.9. The molecule has 0 atom stereocenters. The van der Waals surface area contributed by atoms with Gasteiger partial charge in [-0.25, -0.2) is 0 Å². The second-order valence-corrected chi connectivity index (χ2v) is 7.03. The Labute approximate surface area is 146 Å². The summed E-state index contributed by atoms with van der Waals surface area (Å²) < 4.78 is 45.4. The minimum Gasteiger partial charge on any atom is -0.498 e. The van der Waals surface area contributed by atoms with Gasteiger partial charge in [-0.15, -0.1) is 4.57 Å². The second kappa shape index (κ2) is 6.85. The Morgan fingerprint density at radius 1 is 1.24 bits per heavy atom. The van der Waals surface area contributed by atoms with Gasteiger partial charge in [-0.2, -0.15) is 8.42 Å². The monoisotopic (exact) mass is 362 g/mol. The van der Waals surface area contributed by atoms with Gasteiger partial charge < -0.3 is 9.15 Å². The molecule has 0 unspecified atom stereocenters. The van der Waals surface area contributed by atoms with Gasteiger partial charge in [0, 0.05) is 6.42 Å². The molecule has 6 nitrogen and oxygen atoms in total. The summed E-state index contributed by atoms with van der Waals surface area (Å²) in [7, 11) is -4.25. The molecule has 0 amide bonds. The third-order valence-electron chi connectivity index (χ3n) is 3.87. The minimum absolute atomic E-state index is 0.314. The number of hydrogen-bond acceptors (Lipinski definition) is 4. The van der Waals surface area contributed by atoms with Crippen molar-refractivity contribution in [1.29, 1.82) is 0 Å². The van der Waals surface area contributed by atoms with Gasteiger partial charge in [0.05, 0.1) is 18.1 Å². The topological polar surface area (TPSA) is 80.6 Å². The van der Waals surface area contributed by atoms with Crippen LogP contribution in [-0.4, -0.2) is 19.6 Å². The Balaban J connectivity index is 2.33. The summed E-state index contributed by atoms with van der Waals surface area (Å²) in [5, 5.41) is 1.80. The van der Waals surface area contributed by atoms with Crippen LogP contribution < -0.4 is 4.57 Å². The van der Waals surface area contributed by atoms with Crippen molar-refractivity contribution in [1.82, 2.24) is 0 Å². The van der Waals surface area contributed by atoms with E-state index in [-0.39, 0.29) is 0 Å². The molecule has 1 N–H and O–H groups in total. The van der Waals surface area contributed by atoms with Crippen LogP contribution >= 0.6 is 0 Å². The zero-order chi connectivity index (χ0) is 18.0. The van der Waals surface area contributed by atoms with Crippen molar-refractivity contribution < 1.29 is 26.7 Å². The van der Waals surface area contributed by atoms with Crippen LogP contribution in [0.25, 0.3) is 27.9 Å². The molecule has 132 valence electrons. The maximum atomic E-state index is 11.6. The second-order valence-electron chi connectivity index (χ2n) is 5.61. The third kappa shape index (κ3) is 3.67. The summed E-state index contributed by atoms with van der Waals surface area (Å²) in [5.74, 6) is 0.396. The number of allylic oxidation sites excluding steroid dienone is 1. The molecule has 2 aromatic carbocycles. The molecule has 0 aliphatic heterocycles. The van der Waals surface area contributed by atoms with Gasteiger partial charge in [0.25, 0.3) is 11.4 Å². The van der Waals surface area contributed by atoms with E-state index in [1.807, 2.05) is 44.2 Å². The van der Waals surface area contributed by atoms with E-state index in [2.05, 4.69) is 0 Å². The van der Waals surface area contributed by atoms with E-state index < -0.39 is 16.0 Å². The fraction of sp³-hybridized carbons (Fsp3) is 0.278. The number of hydrogen-bond donors (Lipinski definition) is 1. The lowest BCUT2D eigenvalue weighted by molar-refractivity contribution is -0.658. The third-order valence-corrected chi connectivity index (χ3v) is 4.45. The number of rotatable bonds is 6. The number of oxazole rings is 1. The van der Waals surface area contributed by atoms with Crippen LogP contribution in [0.5, 0.6) is 0 Å². The Bertz CT molecular complexity index is 1050. The number of aromatic nitrogens is 1. The summed E-state index contributed by atoms with van der Waals surface area (Å²) in [6.07, 6.45) is 2.31. The zero-order valence-electron chi connectivity index (χ0n) is 14.1. The van der Waals surface area contributed by atoms with Crippen molar-refractivity contribution in [2.75, 3.05) is 6.61 Å². The predicted octanol–water partition coefficient (Wildman–Crippen LogP) is 3.51. The highest BCUT2D eigenvalue weighted by Gasteiger charge is 2.28. The molecule has 0 aliphatic rings. The van der Waals surface area contributed by atoms with E-state index in [4.69, 9.17) is 9.15 Å². The van der Waals surface area contributed by atoms with E-state index in [0.29, 0.717) is 35.8 Å². The lowest BCUT2D eigenvalue weighted by Crippen LogP contribution is -2.39. The van der Waals surface area contributed by atoms with Gasteiger partial charge in [-0.1, -0.05) is 31.2 Å². The van der Waals surface area contributed by atoms with Crippen molar-refractivity contribution in [2.45, 2.75) is 26.1 Å². The van der Waals surface area contributed by atoms with E-state index in [9.17, 15) is 13.0 Å². The van der Waals surface area contributed by atoms with Crippen LogP contribution in [0.3, 0.4) is 0 Å². The number of nitrogens with zero attached hydrogens (tertiary/aromatic N) is 1. The van der Waals surface area contributed by atoms with Gasteiger partial charge in [-0.05, 0) is 24.4 Å². The Morgan fingerprint density at radius 2 is 2.00 bits per heavy atom. The van der Waals surface area contributed by atoms with Crippen LogP contribution in [0.15, 0.2) is 46.6 Å². The van der Waals surface area contributed by atoms with Crippen molar-refractivity contribution in [3.8, 4) is 0 Å². The molecule has 0 aliphatic carbocycles. The Hall–Kier alpha value is -2.38. The van der Waals surface area contributed by atoms with Gasteiger partial charge >= 0.3 is 16.0 Å². The molecule has 0 fully saturated rings. The van der Waals surface area contributed by atoms with Crippen molar-refractivity contribution in [3.63, 3.8) is 0 Å². The average molecular weight is 362 g/mol. The molecule has 25 heavy (non-hydrogen) atoms. The highest BCUT2D eigenvalue weighted by atomic mass is 32.2. The fourth-order valence-corrected chi connectivity index (χ4v) is 3.42. The highest BCUT2D eigenvalue weighted by molar-refractivity contribution is 7.84. The summed E-state index contributed by atoms with van der Waals surface area (Å²) in [6, 6.07) is 11.3. The van der Waals surface area contributed by atoms with E-state index >= 15 is 0 Å². The van der Waals surface area contributed by atoms with Gasteiger partial charge in [0.15, 0.2) is 0 Å². The van der Waals surface area contributed by atoms with Crippen LogP contribution in [0, 0.1) is 0 Å². The van der Waals surface area contributed by atoms with Gasteiger partial charge in [-0.3, -0.25) is 4.55 Å². The number of benzene rings is 2. The minimum atomic E-state index is -4.25. The number of ether oxygens (including phenoxy) is 1. The van der Waals surface area contributed by atoms with Gasteiger partial charge in [0.1, 0.15) is 5.76 Å². The van der Waals surface area contributed by atoms with Crippen LogP contribution in [0.2, 0.25) is 0 Å². The molecule has 7 heteroatoms. The van der Waals surface area contributed by atoms with E-state index in [1.54, 1.807) is 12.1 Å². The molecule has 0 bridgehead atoms. The normalized spacial score (nSPS) is 12.8. The first-order valence-corrected chi connectivity index (χ1v) is 9.66. The van der Waals surface area contributed by atoms with Crippen LogP contribution in [0.1, 0.15) is 26.2 Å². The van der Waals surface area contributed by atoms with E-state index in [0.717, 1.165) is 10.8 Å². The summed E-state index contributed by atoms with van der Waals surface area (Å²) >= 11 is 0. The predicted molar refractivity (Wildman–Crippen MR) is 95.4 cm³/mol. The quantitative estimate of drug-likeness (QED) is 0.412. The molecule has 3 rings (SSSR count). The van der Waals surface area contributed by atoms with Crippen LogP contribution in [0.4, 0.5) is 0 Å². The molecule has 0 spiro atoms. The molecule has 1 aromatic heterocycles. The van der Waals surface area contributed by atoms with Crippen molar-refractivity contribution >= 4 is 38.1 Å².